The third-order valence-corrected chi connectivity index (χ3v) is 2.14. The molecular weight excluding hydrogens is 239 g/mol. The highest BCUT2D eigenvalue weighted by Gasteiger charge is 2.16. The number of ether oxygens (including phenoxy) is 1. The molecule has 0 fully saturated rings. The first-order valence-electron chi connectivity index (χ1n) is 4.01. The van der Waals surface area contributed by atoms with Crippen LogP contribution < -0.4 is 4.74 Å². The lowest BCUT2D eigenvalue weighted by Crippen LogP contribution is -2.24. The largest absolute Gasteiger partial charge is 0.478 e. The van der Waals surface area contributed by atoms with Gasteiger partial charge in [0.15, 0.2) is 0 Å². The van der Waals surface area contributed by atoms with Gasteiger partial charge in [-0.1, -0.05) is 29.8 Å². The Balaban J connectivity index is 2.88. The summed E-state index contributed by atoms with van der Waals surface area (Å²) in [6.45, 7) is 3.35. The maximum absolute atomic E-state index is 10.6. The molecule has 1 unspecified atom stereocenters. The lowest BCUT2D eigenvalue weighted by molar-refractivity contribution is -0.142. The van der Waals surface area contributed by atoms with Crippen molar-refractivity contribution in [2.45, 2.75) is 6.10 Å². The van der Waals surface area contributed by atoms with E-state index in [1.165, 1.54) is 18.2 Å². The van der Waals surface area contributed by atoms with Crippen LogP contribution in [0.5, 0.6) is 5.75 Å². The molecule has 3 nitrogen and oxygen atoms in total. The van der Waals surface area contributed by atoms with Crippen molar-refractivity contribution in [2.24, 2.45) is 0 Å². The molecule has 0 spiro atoms. The zero-order valence-electron chi connectivity index (χ0n) is 7.61. The van der Waals surface area contributed by atoms with Crippen molar-refractivity contribution in [1.29, 1.82) is 0 Å². The molecule has 1 aromatic rings. The van der Waals surface area contributed by atoms with Gasteiger partial charge in [-0.15, -0.1) is 0 Å². The Labute approximate surface area is 96.9 Å². The quantitative estimate of drug-likeness (QED) is 0.832. The van der Waals surface area contributed by atoms with E-state index in [1.54, 1.807) is 6.07 Å². The molecule has 0 amide bonds. The van der Waals surface area contributed by atoms with Crippen molar-refractivity contribution in [1.82, 2.24) is 0 Å². The average molecular weight is 247 g/mol. The molecule has 1 aromatic carbocycles. The maximum Gasteiger partial charge on any atom is 0.349 e. The number of aliphatic carboxylic acids is 1. The summed E-state index contributed by atoms with van der Waals surface area (Å²) in [5, 5.41) is 9.43. The summed E-state index contributed by atoms with van der Waals surface area (Å²) in [4.78, 5) is 10.6. The van der Waals surface area contributed by atoms with Gasteiger partial charge in [0.1, 0.15) is 5.75 Å². The average Bonchev–Trinajstić information content (AvgIpc) is 2.16. The van der Waals surface area contributed by atoms with E-state index in [0.717, 1.165) is 0 Å². The Hall–Kier alpha value is -1.19. The summed E-state index contributed by atoms with van der Waals surface area (Å²) in [6, 6.07) is 4.54. The number of rotatable bonds is 4. The van der Waals surface area contributed by atoms with Gasteiger partial charge < -0.3 is 9.84 Å². The first kappa shape index (κ1) is 11.9. The van der Waals surface area contributed by atoms with Crippen LogP contribution in [0.2, 0.25) is 10.0 Å². The number of halogens is 2. The van der Waals surface area contributed by atoms with Crippen LogP contribution in [0.3, 0.4) is 0 Å². The molecule has 15 heavy (non-hydrogen) atoms. The fourth-order valence-electron chi connectivity index (χ4n) is 0.907. The van der Waals surface area contributed by atoms with Crippen LogP contribution in [0.15, 0.2) is 30.9 Å². The Bertz CT molecular complexity index is 390. The summed E-state index contributed by atoms with van der Waals surface area (Å²) < 4.78 is 5.10. The minimum Gasteiger partial charge on any atom is -0.478 e. The van der Waals surface area contributed by atoms with Crippen LogP contribution in [0.1, 0.15) is 0 Å². The van der Waals surface area contributed by atoms with Crippen LogP contribution in [-0.4, -0.2) is 17.2 Å². The molecular formula is C10H8Cl2O3. The van der Waals surface area contributed by atoms with Crippen molar-refractivity contribution in [3.05, 3.63) is 40.9 Å². The van der Waals surface area contributed by atoms with Crippen molar-refractivity contribution >= 4 is 29.2 Å². The van der Waals surface area contributed by atoms with Crippen molar-refractivity contribution < 1.29 is 14.6 Å². The zero-order valence-corrected chi connectivity index (χ0v) is 9.13. The standard InChI is InChI=1S/C10H8Cl2O3/c1-2-8(10(13)14)15-9-4-3-6(11)5-7(9)12/h2-5,8H,1H2,(H,13,14). The third-order valence-electron chi connectivity index (χ3n) is 1.61. The van der Waals surface area contributed by atoms with Crippen molar-refractivity contribution in [3.8, 4) is 5.75 Å². The molecule has 1 atom stereocenters. The summed E-state index contributed by atoms with van der Waals surface area (Å²) in [5.41, 5.74) is 0. The number of hydrogen-bond donors (Lipinski definition) is 1. The van der Waals surface area contributed by atoms with Gasteiger partial charge in [0.05, 0.1) is 5.02 Å². The Morgan fingerprint density at radius 1 is 1.53 bits per heavy atom. The van der Waals surface area contributed by atoms with Crippen LogP contribution >= 0.6 is 23.2 Å². The normalized spacial score (nSPS) is 11.9. The first-order valence-corrected chi connectivity index (χ1v) is 4.77. The number of carbonyl (C=O) groups is 1. The van der Waals surface area contributed by atoms with Gasteiger partial charge in [-0.3, -0.25) is 0 Å². The molecule has 1 N–H and O–H groups in total. The van der Waals surface area contributed by atoms with Gasteiger partial charge >= 0.3 is 5.97 Å². The molecule has 0 aliphatic rings. The molecule has 0 heterocycles. The zero-order chi connectivity index (χ0) is 11.4. The number of benzene rings is 1. The summed E-state index contributed by atoms with van der Waals surface area (Å²) >= 11 is 11.5. The highest BCUT2D eigenvalue weighted by atomic mass is 35.5. The fourth-order valence-corrected chi connectivity index (χ4v) is 1.36. The van der Waals surface area contributed by atoms with E-state index in [2.05, 4.69) is 6.58 Å². The van der Waals surface area contributed by atoms with Crippen molar-refractivity contribution in [2.75, 3.05) is 0 Å². The van der Waals surface area contributed by atoms with Crippen LogP contribution in [0, 0.1) is 0 Å². The molecule has 0 radical (unpaired) electrons. The molecule has 0 aliphatic heterocycles. The summed E-state index contributed by atoms with van der Waals surface area (Å²) in [7, 11) is 0. The maximum atomic E-state index is 10.6. The second kappa shape index (κ2) is 5.05. The predicted octanol–water partition coefficient (Wildman–Crippen LogP) is 3.01. The van der Waals surface area contributed by atoms with Crippen LogP contribution in [0.25, 0.3) is 0 Å². The molecule has 80 valence electrons. The van der Waals surface area contributed by atoms with E-state index in [-0.39, 0.29) is 10.8 Å². The van der Waals surface area contributed by atoms with Gasteiger partial charge in [0.25, 0.3) is 0 Å². The highest BCUT2D eigenvalue weighted by Crippen LogP contribution is 2.28. The van der Waals surface area contributed by atoms with Gasteiger partial charge in [-0.05, 0) is 24.3 Å². The van der Waals surface area contributed by atoms with Gasteiger partial charge in [0.2, 0.25) is 6.10 Å². The summed E-state index contributed by atoms with van der Waals surface area (Å²) in [6.07, 6.45) is 0.0523. The monoisotopic (exact) mass is 246 g/mol. The molecule has 0 saturated carbocycles. The van der Waals surface area contributed by atoms with Gasteiger partial charge in [-0.2, -0.15) is 0 Å². The molecule has 0 bridgehead atoms. The van der Waals surface area contributed by atoms with E-state index in [0.29, 0.717) is 5.02 Å². The molecule has 0 aromatic heterocycles. The first-order chi connectivity index (χ1) is 7.04. The SMILES string of the molecule is C=CC(Oc1ccc(Cl)cc1Cl)C(=O)O. The smallest absolute Gasteiger partial charge is 0.349 e. The van der Waals surface area contributed by atoms with E-state index in [1.807, 2.05) is 0 Å². The summed E-state index contributed by atoms with van der Waals surface area (Å²) in [5.74, 6) is -0.871. The fraction of sp³-hybridized carbons (Fsp3) is 0.100. The molecule has 5 heteroatoms. The second-order valence-corrected chi connectivity index (χ2v) is 3.53. The molecule has 0 saturated heterocycles. The lowest BCUT2D eigenvalue weighted by Gasteiger charge is -2.12. The Kier molecular flexibility index (Phi) is 4.00. The Morgan fingerprint density at radius 2 is 2.20 bits per heavy atom. The number of hydrogen-bond acceptors (Lipinski definition) is 2. The molecule has 0 aliphatic carbocycles. The number of carboxylic acid groups (broad SMARTS) is 1. The molecule has 1 rings (SSSR count). The van der Waals surface area contributed by atoms with E-state index in [4.69, 9.17) is 33.0 Å². The lowest BCUT2D eigenvalue weighted by atomic mass is 10.3. The van der Waals surface area contributed by atoms with Crippen LogP contribution in [0.4, 0.5) is 0 Å². The highest BCUT2D eigenvalue weighted by molar-refractivity contribution is 6.35. The van der Waals surface area contributed by atoms with Crippen molar-refractivity contribution in [3.63, 3.8) is 0 Å². The minimum atomic E-state index is -1.13. The van der Waals surface area contributed by atoms with Gasteiger partial charge in [-0.25, -0.2) is 4.79 Å². The third kappa shape index (κ3) is 3.15. The van der Waals surface area contributed by atoms with E-state index >= 15 is 0 Å². The topological polar surface area (TPSA) is 46.5 Å². The number of carboxylic acids is 1. The van der Waals surface area contributed by atoms with E-state index < -0.39 is 12.1 Å². The van der Waals surface area contributed by atoms with Crippen LogP contribution in [-0.2, 0) is 4.79 Å². The minimum absolute atomic E-state index is 0.258. The predicted molar refractivity (Wildman–Crippen MR) is 58.7 cm³/mol. The van der Waals surface area contributed by atoms with Gasteiger partial charge in [0, 0.05) is 5.02 Å². The van der Waals surface area contributed by atoms with E-state index in [9.17, 15) is 4.79 Å². The second-order valence-electron chi connectivity index (χ2n) is 2.69. The Morgan fingerprint density at radius 3 is 2.67 bits per heavy atom.